The monoisotopic (exact) mass is 397 g/mol. The Kier molecular flexibility index (Phi) is 6.18. The first kappa shape index (κ1) is 21.2. The molecule has 1 fully saturated rings. The fourth-order valence-corrected chi connectivity index (χ4v) is 4.12. The van der Waals surface area contributed by atoms with Gasteiger partial charge >= 0.3 is 6.09 Å². The summed E-state index contributed by atoms with van der Waals surface area (Å²) < 4.78 is 5.54. The Labute approximate surface area is 172 Å². The minimum absolute atomic E-state index is 0.0645. The van der Waals surface area contributed by atoms with Crippen molar-refractivity contribution in [1.29, 1.82) is 0 Å². The molecular weight excluding hydrogens is 366 g/mol. The number of hydrogen-bond acceptors (Lipinski definition) is 4. The zero-order valence-electron chi connectivity index (χ0n) is 17.5. The first-order chi connectivity index (χ1) is 13.7. The van der Waals surface area contributed by atoms with Crippen LogP contribution in [0.4, 0.5) is 4.79 Å². The van der Waals surface area contributed by atoms with Crippen LogP contribution in [0.25, 0.3) is 0 Å². The second-order valence-corrected chi connectivity index (χ2v) is 8.74. The van der Waals surface area contributed by atoms with Gasteiger partial charge in [0.15, 0.2) is 0 Å². The van der Waals surface area contributed by atoms with E-state index in [1.54, 1.807) is 11.0 Å². The van der Waals surface area contributed by atoms with Crippen molar-refractivity contribution in [3.63, 3.8) is 0 Å². The Bertz CT molecular complexity index is 834. The number of benzene rings is 2. The first-order valence-electron chi connectivity index (χ1n) is 10.2. The zero-order chi connectivity index (χ0) is 21.1. The lowest BCUT2D eigenvalue weighted by Gasteiger charge is -2.43. The molecule has 2 aromatic rings. The molecule has 0 unspecified atom stereocenters. The number of rotatable bonds is 4. The molecule has 2 aromatic carbocycles. The summed E-state index contributed by atoms with van der Waals surface area (Å²) in [6, 6.07) is 15.7. The van der Waals surface area contributed by atoms with E-state index < -0.39 is 11.0 Å². The number of ether oxygens (including phenoxy) is 1. The van der Waals surface area contributed by atoms with Gasteiger partial charge in [0.2, 0.25) is 0 Å². The number of phenolic OH excluding ortho intramolecular Hbond substituents is 1. The first-order valence-corrected chi connectivity index (χ1v) is 10.2. The highest BCUT2D eigenvalue weighted by molar-refractivity contribution is 5.68. The van der Waals surface area contributed by atoms with E-state index in [-0.39, 0.29) is 18.4 Å². The maximum absolute atomic E-state index is 12.5. The number of hydrogen-bond donors (Lipinski definition) is 2. The van der Waals surface area contributed by atoms with Gasteiger partial charge in [0.05, 0.1) is 0 Å². The number of piperidine rings is 1. The van der Waals surface area contributed by atoms with Gasteiger partial charge in [0.25, 0.3) is 0 Å². The molecule has 29 heavy (non-hydrogen) atoms. The van der Waals surface area contributed by atoms with E-state index in [0.29, 0.717) is 32.4 Å². The van der Waals surface area contributed by atoms with Crippen LogP contribution < -0.4 is 0 Å². The lowest BCUT2D eigenvalue weighted by molar-refractivity contribution is 0.0179. The van der Waals surface area contributed by atoms with Crippen molar-refractivity contribution in [2.45, 2.75) is 51.0 Å². The molecule has 5 heteroatoms. The van der Waals surface area contributed by atoms with E-state index in [1.807, 2.05) is 51.1 Å². The third-order valence-electron chi connectivity index (χ3n) is 5.57. The smallest absolute Gasteiger partial charge is 0.410 e. The normalized spacial score (nSPS) is 16.5. The number of aliphatic hydroxyl groups is 1. The summed E-state index contributed by atoms with van der Waals surface area (Å²) in [5.41, 5.74) is 2.06. The molecule has 1 saturated heterocycles. The fourth-order valence-electron chi connectivity index (χ4n) is 4.12. The van der Waals surface area contributed by atoms with Crippen LogP contribution in [0.5, 0.6) is 5.75 Å². The van der Waals surface area contributed by atoms with Crippen molar-refractivity contribution >= 4 is 6.09 Å². The standard InChI is InChI=1S/C24H31NO4/c1-23(2,3)29-22(28)25-14-12-24(13-15-25,19-7-5-4-6-8-19)20-17-18(11-16-26)9-10-21(20)27/h4-10,17,26-27H,11-16H2,1-3H3. The van der Waals surface area contributed by atoms with Crippen molar-refractivity contribution in [3.05, 3.63) is 65.2 Å². The molecule has 0 radical (unpaired) electrons. The van der Waals surface area contributed by atoms with Gasteiger partial charge in [-0.1, -0.05) is 42.5 Å². The highest BCUT2D eigenvalue weighted by Crippen LogP contribution is 2.45. The topological polar surface area (TPSA) is 70.0 Å². The van der Waals surface area contributed by atoms with Crippen LogP contribution in [0, 0.1) is 0 Å². The molecule has 1 heterocycles. The van der Waals surface area contributed by atoms with Gasteiger partial charge < -0.3 is 19.8 Å². The predicted octanol–water partition coefficient (Wildman–Crippen LogP) is 4.24. The second-order valence-electron chi connectivity index (χ2n) is 8.74. The molecule has 5 nitrogen and oxygen atoms in total. The molecule has 1 aliphatic rings. The molecule has 0 aromatic heterocycles. The highest BCUT2D eigenvalue weighted by Gasteiger charge is 2.41. The molecular formula is C24H31NO4. The van der Waals surface area contributed by atoms with Crippen molar-refractivity contribution in [3.8, 4) is 5.75 Å². The van der Waals surface area contributed by atoms with Crippen LogP contribution in [-0.4, -0.2) is 46.5 Å². The molecule has 2 N–H and O–H groups in total. The molecule has 3 rings (SSSR count). The summed E-state index contributed by atoms with van der Waals surface area (Å²) in [4.78, 5) is 14.3. The van der Waals surface area contributed by atoms with E-state index in [9.17, 15) is 15.0 Å². The van der Waals surface area contributed by atoms with Crippen LogP contribution >= 0.6 is 0 Å². The van der Waals surface area contributed by atoms with Gasteiger partial charge in [-0.25, -0.2) is 4.79 Å². The van der Waals surface area contributed by atoms with Gasteiger partial charge in [0, 0.05) is 30.7 Å². The minimum Gasteiger partial charge on any atom is -0.508 e. The van der Waals surface area contributed by atoms with Gasteiger partial charge in [0.1, 0.15) is 11.4 Å². The third kappa shape index (κ3) is 4.73. The maximum atomic E-state index is 12.5. The average Bonchev–Trinajstić information content (AvgIpc) is 2.69. The number of carbonyl (C=O) groups excluding carboxylic acids is 1. The van der Waals surface area contributed by atoms with Crippen molar-refractivity contribution in [2.75, 3.05) is 19.7 Å². The van der Waals surface area contributed by atoms with Gasteiger partial charge in [-0.2, -0.15) is 0 Å². The van der Waals surface area contributed by atoms with E-state index >= 15 is 0 Å². The number of phenols is 1. The molecule has 0 atom stereocenters. The Morgan fingerprint density at radius 2 is 1.76 bits per heavy atom. The maximum Gasteiger partial charge on any atom is 0.410 e. The molecule has 0 aliphatic carbocycles. The van der Waals surface area contributed by atoms with Crippen molar-refractivity contribution in [2.24, 2.45) is 0 Å². The second kappa shape index (κ2) is 8.46. The third-order valence-corrected chi connectivity index (χ3v) is 5.57. The van der Waals surface area contributed by atoms with Crippen LogP contribution in [-0.2, 0) is 16.6 Å². The Balaban J connectivity index is 1.95. The van der Waals surface area contributed by atoms with Crippen LogP contribution in [0.1, 0.15) is 50.3 Å². The summed E-state index contributed by atoms with van der Waals surface area (Å²) in [7, 11) is 0. The van der Waals surface area contributed by atoms with Crippen LogP contribution in [0.2, 0.25) is 0 Å². The number of nitrogens with zero attached hydrogens (tertiary/aromatic N) is 1. The van der Waals surface area contributed by atoms with E-state index in [1.165, 1.54) is 0 Å². The largest absolute Gasteiger partial charge is 0.508 e. The van der Waals surface area contributed by atoms with Crippen molar-refractivity contribution in [1.82, 2.24) is 4.90 Å². The average molecular weight is 398 g/mol. The summed E-state index contributed by atoms with van der Waals surface area (Å²) in [6.07, 6.45) is 1.62. The quantitative estimate of drug-likeness (QED) is 0.809. The Morgan fingerprint density at radius 1 is 1.10 bits per heavy atom. The van der Waals surface area contributed by atoms with Gasteiger partial charge in [-0.15, -0.1) is 0 Å². The molecule has 0 bridgehead atoms. The predicted molar refractivity (Wildman–Crippen MR) is 113 cm³/mol. The molecule has 1 aliphatic heterocycles. The number of aromatic hydroxyl groups is 1. The van der Waals surface area contributed by atoms with E-state index in [2.05, 4.69) is 12.1 Å². The zero-order valence-corrected chi connectivity index (χ0v) is 17.5. The summed E-state index contributed by atoms with van der Waals surface area (Å²) in [5.74, 6) is 0.251. The molecule has 1 amide bonds. The summed E-state index contributed by atoms with van der Waals surface area (Å²) in [5, 5.41) is 20.1. The molecule has 0 saturated carbocycles. The van der Waals surface area contributed by atoms with Gasteiger partial charge in [-0.3, -0.25) is 0 Å². The number of amides is 1. The number of carbonyl (C=O) groups is 1. The molecule has 156 valence electrons. The van der Waals surface area contributed by atoms with Gasteiger partial charge in [-0.05, 0) is 57.2 Å². The van der Waals surface area contributed by atoms with Crippen LogP contribution in [0.3, 0.4) is 0 Å². The highest BCUT2D eigenvalue weighted by atomic mass is 16.6. The Morgan fingerprint density at radius 3 is 2.34 bits per heavy atom. The fraction of sp³-hybridized carbons (Fsp3) is 0.458. The summed E-state index contributed by atoms with van der Waals surface area (Å²) in [6.45, 7) is 6.77. The lowest BCUT2D eigenvalue weighted by atomic mass is 9.67. The van der Waals surface area contributed by atoms with E-state index in [0.717, 1.165) is 16.7 Å². The lowest BCUT2D eigenvalue weighted by Crippen LogP contribution is -2.47. The number of likely N-dealkylation sites (tertiary alicyclic amines) is 1. The SMILES string of the molecule is CC(C)(C)OC(=O)N1CCC(c2ccccc2)(c2cc(CCO)ccc2O)CC1. The number of aliphatic hydroxyl groups excluding tert-OH is 1. The Hall–Kier alpha value is -2.53. The van der Waals surface area contributed by atoms with E-state index in [4.69, 9.17) is 4.74 Å². The van der Waals surface area contributed by atoms with Crippen LogP contribution in [0.15, 0.2) is 48.5 Å². The summed E-state index contributed by atoms with van der Waals surface area (Å²) >= 11 is 0. The van der Waals surface area contributed by atoms with Crippen molar-refractivity contribution < 1.29 is 19.7 Å². The molecule has 0 spiro atoms. The minimum atomic E-state index is -0.526.